The first-order valence-corrected chi connectivity index (χ1v) is 18.9. The molecule has 0 amide bonds. The summed E-state index contributed by atoms with van der Waals surface area (Å²) in [6.07, 6.45) is 0. The minimum Gasteiger partial charge on any atom is -0.295 e. The third-order valence-electron chi connectivity index (χ3n) is 11.1. The van der Waals surface area contributed by atoms with Gasteiger partial charge in [0.2, 0.25) is 5.78 Å². The van der Waals surface area contributed by atoms with Gasteiger partial charge in [-0.05, 0) is 78.9 Å². The number of thiazole rings is 1. The molecule has 0 atom stereocenters. The van der Waals surface area contributed by atoms with Gasteiger partial charge in [0.1, 0.15) is 5.65 Å². The number of nitrogens with zero attached hydrogens (tertiary/aromatic N) is 7. The van der Waals surface area contributed by atoms with Gasteiger partial charge in [0.05, 0.1) is 65.7 Å². The van der Waals surface area contributed by atoms with Gasteiger partial charge in [-0.15, -0.1) is 0 Å². The van der Waals surface area contributed by atoms with Crippen LogP contribution in [0.2, 0.25) is 0 Å². The minimum absolute atomic E-state index is 0.896. The van der Waals surface area contributed by atoms with Crippen molar-refractivity contribution in [2.24, 2.45) is 0 Å². The van der Waals surface area contributed by atoms with Crippen LogP contribution in [0, 0.1) is 0 Å². The standard InChI is InChI=1S/C46H27N7S/c1-5-19-34-30(15-1)42-31-16-2-6-20-35(31)51(40-25-12-26-41-43(40)54-46-48-33-18-4-8-22-37(33)53(41)46)44(42)49(34)28-13-11-14-29(27-28)50-38-23-9-10-24-39(38)52-36-21-7-3-17-32(36)47-45(50)52/h1-27H. The van der Waals surface area contributed by atoms with E-state index in [1.165, 1.54) is 26.4 Å². The molecule has 0 N–H and O–H groups in total. The first-order chi connectivity index (χ1) is 26.8. The maximum atomic E-state index is 5.17. The van der Waals surface area contributed by atoms with Crippen molar-refractivity contribution in [1.29, 1.82) is 0 Å². The van der Waals surface area contributed by atoms with E-state index in [2.05, 4.69) is 186 Å². The van der Waals surface area contributed by atoms with Crippen LogP contribution >= 0.6 is 11.3 Å². The van der Waals surface area contributed by atoms with Crippen LogP contribution in [0.15, 0.2) is 164 Å². The SMILES string of the molecule is c1cc(-n2c3ccccc3c3c4ccccc4n(-c4cccc5c4sc4nc6ccccc6n45)c32)cc(-n2c3ccccc3n3c4ccccc4nc23)c1. The Kier molecular flexibility index (Phi) is 5.39. The van der Waals surface area contributed by atoms with Gasteiger partial charge >= 0.3 is 0 Å². The lowest BCUT2D eigenvalue weighted by atomic mass is 10.1. The Morgan fingerprint density at radius 1 is 0.407 bits per heavy atom. The molecule has 6 aromatic heterocycles. The Bertz CT molecular complexity index is 3700. The second-order valence-corrected chi connectivity index (χ2v) is 14.9. The van der Waals surface area contributed by atoms with Crippen LogP contribution in [-0.2, 0) is 0 Å². The molecule has 13 aromatic rings. The molecule has 0 saturated heterocycles. The quantitative estimate of drug-likeness (QED) is 0.183. The molecule has 0 aliphatic rings. The highest BCUT2D eigenvalue weighted by Crippen LogP contribution is 2.43. The lowest BCUT2D eigenvalue weighted by Gasteiger charge is -2.15. The molecular formula is C46H27N7S. The van der Waals surface area contributed by atoms with Crippen molar-refractivity contribution in [2.75, 3.05) is 0 Å². The highest BCUT2D eigenvalue weighted by Gasteiger charge is 2.25. The summed E-state index contributed by atoms with van der Waals surface area (Å²) in [7, 11) is 0. The fourth-order valence-corrected chi connectivity index (χ4v) is 10.1. The van der Waals surface area contributed by atoms with Crippen molar-refractivity contribution >= 4 is 98.2 Å². The molecule has 8 heteroatoms. The monoisotopic (exact) mass is 709 g/mol. The average Bonchev–Trinajstić information content (AvgIpc) is 4.05. The smallest absolute Gasteiger partial charge is 0.220 e. The van der Waals surface area contributed by atoms with E-state index in [-0.39, 0.29) is 0 Å². The van der Waals surface area contributed by atoms with Crippen molar-refractivity contribution in [1.82, 2.24) is 32.5 Å². The maximum absolute atomic E-state index is 5.17. The summed E-state index contributed by atoms with van der Waals surface area (Å²) < 4.78 is 13.0. The average molecular weight is 710 g/mol. The van der Waals surface area contributed by atoms with Gasteiger partial charge in [-0.1, -0.05) is 96.3 Å². The maximum Gasteiger partial charge on any atom is 0.220 e. The molecule has 0 spiro atoms. The summed E-state index contributed by atoms with van der Waals surface area (Å²) in [4.78, 5) is 11.2. The zero-order valence-electron chi connectivity index (χ0n) is 28.6. The lowest BCUT2D eigenvalue weighted by molar-refractivity contribution is 1.06. The van der Waals surface area contributed by atoms with Crippen LogP contribution in [-0.4, -0.2) is 32.5 Å². The molecule has 7 aromatic carbocycles. The van der Waals surface area contributed by atoms with E-state index in [1.807, 2.05) is 0 Å². The number of rotatable bonds is 3. The van der Waals surface area contributed by atoms with Gasteiger partial charge in [-0.25, -0.2) is 9.97 Å². The van der Waals surface area contributed by atoms with Crippen LogP contribution in [0.5, 0.6) is 0 Å². The van der Waals surface area contributed by atoms with Gasteiger partial charge in [0, 0.05) is 21.8 Å². The van der Waals surface area contributed by atoms with E-state index in [4.69, 9.17) is 9.97 Å². The summed E-state index contributed by atoms with van der Waals surface area (Å²) in [6, 6.07) is 58.6. The molecule has 0 aliphatic heterocycles. The molecule has 252 valence electrons. The molecule has 13 rings (SSSR count). The Hall–Kier alpha value is -7.16. The number of benzene rings is 7. The van der Waals surface area contributed by atoms with E-state index in [1.54, 1.807) is 11.3 Å². The highest BCUT2D eigenvalue weighted by atomic mass is 32.1. The molecule has 6 heterocycles. The van der Waals surface area contributed by atoms with Crippen molar-refractivity contribution < 1.29 is 0 Å². The van der Waals surface area contributed by atoms with E-state index >= 15 is 0 Å². The Morgan fingerprint density at radius 2 is 0.963 bits per heavy atom. The van der Waals surface area contributed by atoms with Crippen LogP contribution < -0.4 is 0 Å². The molecule has 0 fully saturated rings. The van der Waals surface area contributed by atoms with E-state index < -0.39 is 0 Å². The first-order valence-electron chi connectivity index (χ1n) is 18.1. The van der Waals surface area contributed by atoms with Crippen molar-refractivity contribution in [3.05, 3.63) is 164 Å². The molecular weight excluding hydrogens is 683 g/mol. The van der Waals surface area contributed by atoms with Gasteiger partial charge < -0.3 is 0 Å². The van der Waals surface area contributed by atoms with E-state index in [9.17, 15) is 0 Å². The van der Waals surface area contributed by atoms with Gasteiger partial charge in [0.25, 0.3) is 0 Å². The predicted molar refractivity (Wildman–Crippen MR) is 222 cm³/mol. The summed E-state index contributed by atoms with van der Waals surface area (Å²) >= 11 is 1.75. The number of aromatic nitrogens is 7. The lowest BCUT2D eigenvalue weighted by Crippen LogP contribution is -2.03. The van der Waals surface area contributed by atoms with Crippen molar-refractivity contribution in [3.8, 4) is 17.1 Å². The third-order valence-corrected chi connectivity index (χ3v) is 12.2. The summed E-state index contributed by atoms with van der Waals surface area (Å²) in [5.41, 5.74) is 14.4. The molecule has 0 saturated carbocycles. The molecule has 0 aliphatic carbocycles. The largest absolute Gasteiger partial charge is 0.295 e. The van der Waals surface area contributed by atoms with Crippen LogP contribution in [0.3, 0.4) is 0 Å². The fourth-order valence-electron chi connectivity index (χ4n) is 8.95. The zero-order valence-corrected chi connectivity index (χ0v) is 29.4. The van der Waals surface area contributed by atoms with Gasteiger partial charge in [-0.2, -0.15) is 0 Å². The van der Waals surface area contributed by atoms with Crippen molar-refractivity contribution in [3.63, 3.8) is 0 Å². The second kappa shape index (κ2) is 10.2. The molecule has 0 bridgehead atoms. The Balaban J connectivity index is 1.14. The number of hydrogen-bond acceptors (Lipinski definition) is 3. The molecule has 7 nitrogen and oxygen atoms in total. The molecule has 0 radical (unpaired) electrons. The number of fused-ring (bicyclic) bond motifs is 15. The minimum atomic E-state index is 0.896. The van der Waals surface area contributed by atoms with E-state index in [0.29, 0.717) is 0 Å². The third kappa shape index (κ3) is 3.55. The summed E-state index contributed by atoms with van der Waals surface area (Å²) in [5.74, 6) is 0.896. The highest BCUT2D eigenvalue weighted by molar-refractivity contribution is 7.24. The Labute approximate surface area is 310 Å². The summed E-state index contributed by atoms with van der Waals surface area (Å²) in [5, 5.41) is 3.69. The van der Waals surface area contributed by atoms with Crippen LogP contribution in [0.25, 0.3) is 104 Å². The van der Waals surface area contributed by atoms with Crippen LogP contribution in [0.1, 0.15) is 0 Å². The zero-order chi connectivity index (χ0) is 35.1. The fraction of sp³-hybridized carbons (Fsp3) is 0. The first kappa shape index (κ1) is 28.4. The number of hydrogen-bond donors (Lipinski definition) is 0. The Morgan fingerprint density at radius 3 is 1.72 bits per heavy atom. The van der Waals surface area contributed by atoms with Gasteiger partial charge in [0.15, 0.2) is 4.96 Å². The number of para-hydroxylation sites is 8. The topological polar surface area (TPSA) is 49.4 Å². The molecule has 54 heavy (non-hydrogen) atoms. The van der Waals surface area contributed by atoms with Gasteiger partial charge in [-0.3, -0.25) is 22.5 Å². The normalized spacial score (nSPS) is 12.4. The second-order valence-electron chi connectivity index (χ2n) is 13.9. The molecule has 0 unspecified atom stereocenters. The van der Waals surface area contributed by atoms with Crippen molar-refractivity contribution in [2.45, 2.75) is 0 Å². The van der Waals surface area contributed by atoms with E-state index in [0.717, 1.165) is 77.6 Å². The number of imidazole rings is 3. The predicted octanol–water partition coefficient (Wildman–Crippen LogP) is 11.5. The summed E-state index contributed by atoms with van der Waals surface area (Å²) in [6.45, 7) is 0. The van der Waals surface area contributed by atoms with Crippen LogP contribution in [0.4, 0.5) is 0 Å².